The average Bonchev–Trinajstić information content (AvgIpc) is 2.65. The Balaban J connectivity index is 2.46. The van der Waals surface area contributed by atoms with E-state index in [-0.39, 0.29) is 6.10 Å². The number of aliphatic hydroxyl groups excluding tert-OH is 1. The van der Waals surface area contributed by atoms with Crippen LogP contribution in [0.5, 0.6) is 0 Å². The number of hydrogen-bond acceptors (Lipinski definition) is 2. The summed E-state index contributed by atoms with van der Waals surface area (Å²) in [6.45, 7) is 8.54. The summed E-state index contributed by atoms with van der Waals surface area (Å²) in [7, 11) is 0. The van der Waals surface area contributed by atoms with Crippen LogP contribution in [0.3, 0.4) is 0 Å². The number of rotatable bonds is 6. The van der Waals surface area contributed by atoms with Crippen molar-refractivity contribution >= 4 is 0 Å². The molecule has 0 fully saturated rings. The first kappa shape index (κ1) is 13.2. The molecule has 3 heteroatoms. The van der Waals surface area contributed by atoms with Gasteiger partial charge < -0.3 is 5.11 Å². The molecule has 0 radical (unpaired) electrons. The van der Waals surface area contributed by atoms with Crippen molar-refractivity contribution in [3.63, 3.8) is 0 Å². The first-order valence-corrected chi connectivity index (χ1v) is 6.25. The van der Waals surface area contributed by atoms with E-state index < -0.39 is 0 Å². The normalized spacial score (nSPS) is 15.4. The second kappa shape index (κ2) is 6.04. The fourth-order valence-corrected chi connectivity index (χ4v) is 1.73. The minimum absolute atomic E-state index is 0.259. The molecular formula is C13H24N2O. The van der Waals surface area contributed by atoms with Crippen molar-refractivity contribution in [2.75, 3.05) is 0 Å². The van der Waals surface area contributed by atoms with Gasteiger partial charge in [-0.3, -0.25) is 4.68 Å². The lowest BCUT2D eigenvalue weighted by atomic mass is 9.98. The molecule has 0 saturated heterocycles. The van der Waals surface area contributed by atoms with E-state index in [1.807, 2.05) is 16.9 Å². The molecule has 0 aliphatic carbocycles. The Kier molecular flexibility index (Phi) is 5.00. The molecule has 1 rings (SSSR count). The van der Waals surface area contributed by atoms with Crippen molar-refractivity contribution < 1.29 is 5.11 Å². The standard InChI is InChI=1S/C13H24N2O/c1-5-11(4)8-13(16)9-12-6-7-15(14-12)10(2)3/h6-7,10-11,13,16H,5,8-9H2,1-4H3. The van der Waals surface area contributed by atoms with Crippen LogP contribution >= 0.6 is 0 Å². The van der Waals surface area contributed by atoms with Crippen molar-refractivity contribution in [2.45, 2.75) is 59.1 Å². The third-order valence-corrected chi connectivity index (χ3v) is 3.01. The maximum absolute atomic E-state index is 9.90. The van der Waals surface area contributed by atoms with Gasteiger partial charge in [0.1, 0.15) is 0 Å². The zero-order valence-electron chi connectivity index (χ0n) is 10.8. The first-order chi connectivity index (χ1) is 7.52. The van der Waals surface area contributed by atoms with Crippen molar-refractivity contribution in [3.8, 4) is 0 Å². The number of aromatic nitrogens is 2. The summed E-state index contributed by atoms with van der Waals surface area (Å²) in [5.74, 6) is 0.585. The van der Waals surface area contributed by atoms with Crippen LogP contribution in [0.1, 0.15) is 52.3 Å². The molecule has 0 aliphatic heterocycles. The highest BCUT2D eigenvalue weighted by Gasteiger charge is 2.11. The van der Waals surface area contributed by atoms with Gasteiger partial charge in [-0.05, 0) is 32.3 Å². The molecule has 0 amide bonds. The Morgan fingerprint density at radius 1 is 1.38 bits per heavy atom. The zero-order valence-corrected chi connectivity index (χ0v) is 10.8. The third kappa shape index (κ3) is 3.97. The van der Waals surface area contributed by atoms with E-state index in [0.717, 1.165) is 18.5 Å². The van der Waals surface area contributed by atoms with Crippen molar-refractivity contribution in [1.82, 2.24) is 9.78 Å². The Hall–Kier alpha value is -0.830. The lowest BCUT2D eigenvalue weighted by Gasteiger charge is -2.13. The van der Waals surface area contributed by atoms with E-state index in [2.05, 4.69) is 32.8 Å². The van der Waals surface area contributed by atoms with Crippen LogP contribution in [0.25, 0.3) is 0 Å². The van der Waals surface area contributed by atoms with Gasteiger partial charge in [0.15, 0.2) is 0 Å². The molecular weight excluding hydrogens is 200 g/mol. The summed E-state index contributed by atoms with van der Waals surface area (Å²) in [6.07, 6.45) is 4.38. The summed E-state index contributed by atoms with van der Waals surface area (Å²) in [4.78, 5) is 0. The SMILES string of the molecule is CCC(C)CC(O)Cc1ccn(C(C)C)n1. The van der Waals surface area contributed by atoms with E-state index in [9.17, 15) is 5.11 Å². The highest BCUT2D eigenvalue weighted by molar-refractivity contribution is 5.01. The van der Waals surface area contributed by atoms with E-state index >= 15 is 0 Å². The summed E-state index contributed by atoms with van der Waals surface area (Å²) >= 11 is 0. The lowest BCUT2D eigenvalue weighted by molar-refractivity contribution is 0.143. The van der Waals surface area contributed by atoms with Crippen LogP contribution in [0.4, 0.5) is 0 Å². The van der Waals surface area contributed by atoms with Gasteiger partial charge in [-0.15, -0.1) is 0 Å². The molecule has 0 saturated carbocycles. The maximum Gasteiger partial charge on any atom is 0.0650 e. The van der Waals surface area contributed by atoms with Crippen LogP contribution in [0.2, 0.25) is 0 Å². The molecule has 0 aromatic carbocycles. The van der Waals surface area contributed by atoms with Crippen LogP contribution in [0, 0.1) is 5.92 Å². The Bertz CT molecular complexity index is 307. The first-order valence-electron chi connectivity index (χ1n) is 6.25. The molecule has 2 unspecified atom stereocenters. The molecule has 0 aliphatic rings. The fraction of sp³-hybridized carbons (Fsp3) is 0.769. The second-order valence-electron chi connectivity index (χ2n) is 4.99. The smallest absolute Gasteiger partial charge is 0.0650 e. The fourth-order valence-electron chi connectivity index (χ4n) is 1.73. The average molecular weight is 224 g/mol. The van der Waals surface area contributed by atoms with E-state index in [1.165, 1.54) is 0 Å². The number of hydrogen-bond donors (Lipinski definition) is 1. The van der Waals surface area contributed by atoms with Gasteiger partial charge in [-0.1, -0.05) is 20.3 Å². The van der Waals surface area contributed by atoms with Crippen LogP contribution in [0.15, 0.2) is 12.3 Å². The van der Waals surface area contributed by atoms with Crippen molar-refractivity contribution in [2.24, 2.45) is 5.92 Å². The summed E-state index contributed by atoms with van der Waals surface area (Å²) in [5, 5.41) is 14.3. The van der Waals surface area contributed by atoms with Gasteiger partial charge in [0.2, 0.25) is 0 Å². The van der Waals surface area contributed by atoms with E-state index in [4.69, 9.17) is 0 Å². The predicted molar refractivity (Wildman–Crippen MR) is 66.4 cm³/mol. The highest BCUT2D eigenvalue weighted by Crippen LogP contribution is 2.13. The van der Waals surface area contributed by atoms with Crippen LogP contribution < -0.4 is 0 Å². The van der Waals surface area contributed by atoms with Gasteiger partial charge >= 0.3 is 0 Å². The minimum Gasteiger partial charge on any atom is -0.393 e. The topological polar surface area (TPSA) is 38.0 Å². The Labute approximate surface area is 98.5 Å². The van der Waals surface area contributed by atoms with Gasteiger partial charge in [0.05, 0.1) is 11.8 Å². The summed E-state index contributed by atoms with van der Waals surface area (Å²) in [6, 6.07) is 2.39. The third-order valence-electron chi connectivity index (χ3n) is 3.01. The van der Waals surface area contributed by atoms with E-state index in [1.54, 1.807) is 0 Å². The Morgan fingerprint density at radius 3 is 2.56 bits per heavy atom. The zero-order chi connectivity index (χ0) is 12.1. The highest BCUT2D eigenvalue weighted by atomic mass is 16.3. The molecule has 1 N–H and O–H groups in total. The molecule has 92 valence electrons. The molecule has 16 heavy (non-hydrogen) atoms. The molecule has 2 atom stereocenters. The summed E-state index contributed by atoms with van der Waals surface area (Å²) in [5.41, 5.74) is 0.990. The van der Waals surface area contributed by atoms with Crippen LogP contribution in [-0.2, 0) is 6.42 Å². The van der Waals surface area contributed by atoms with Crippen LogP contribution in [-0.4, -0.2) is 21.0 Å². The molecule has 0 spiro atoms. The number of aliphatic hydroxyl groups is 1. The number of nitrogens with zero attached hydrogens (tertiary/aromatic N) is 2. The summed E-state index contributed by atoms with van der Waals surface area (Å²) < 4.78 is 1.94. The minimum atomic E-state index is -0.259. The maximum atomic E-state index is 9.90. The quantitative estimate of drug-likeness (QED) is 0.807. The lowest BCUT2D eigenvalue weighted by Crippen LogP contribution is -2.15. The molecule has 1 aromatic rings. The van der Waals surface area contributed by atoms with Gasteiger partial charge in [0.25, 0.3) is 0 Å². The molecule has 1 heterocycles. The second-order valence-corrected chi connectivity index (χ2v) is 4.99. The predicted octanol–water partition coefficient (Wildman–Crippen LogP) is 2.80. The van der Waals surface area contributed by atoms with Crippen molar-refractivity contribution in [1.29, 1.82) is 0 Å². The van der Waals surface area contributed by atoms with Crippen molar-refractivity contribution in [3.05, 3.63) is 18.0 Å². The molecule has 3 nitrogen and oxygen atoms in total. The van der Waals surface area contributed by atoms with Gasteiger partial charge in [-0.25, -0.2) is 0 Å². The largest absolute Gasteiger partial charge is 0.393 e. The van der Waals surface area contributed by atoms with E-state index in [0.29, 0.717) is 18.4 Å². The Morgan fingerprint density at radius 2 is 2.06 bits per heavy atom. The molecule has 1 aromatic heterocycles. The van der Waals surface area contributed by atoms with Gasteiger partial charge in [-0.2, -0.15) is 5.10 Å². The monoisotopic (exact) mass is 224 g/mol. The van der Waals surface area contributed by atoms with Gasteiger partial charge in [0, 0.05) is 18.7 Å². The molecule has 0 bridgehead atoms.